The van der Waals surface area contributed by atoms with Crippen molar-refractivity contribution in [1.29, 1.82) is 0 Å². The van der Waals surface area contributed by atoms with Crippen LogP contribution in [0.15, 0.2) is 58.3 Å². The lowest BCUT2D eigenvalue weighted by molar-refractivity contribution is 0.102. The Balaban J connectivity index is 1.77. The molecular formula is C22H28N2O5S2. The lowest BCUT2D eigenvalue weighted by Gasteiger charge is -2.29. The molecule has 0 spiro atoms. The molecule has 1 heterocycles. The number of hydrogen-bond acceptors (Lipinski definition) is 5. The molecule has 1 aliphatic heterocycles. The Bertz CT molecular complexity index is 1130. The van der Waals surface area contributed by atoms with E-state index in [0.29, 0.717) is 31.1 Å². The van der Waals surface area contributed by atoms with Crippen LogP contribution >= 0.6 is 0 Å². The minimum atomic E-state index is -3.57. The van der Waals surface area contributed by atoms with Crippen molar-refractivity contribution in [2.75, 3.05) is 24.2 Å². The molecular weight excluding hydrogens is 436 g/mol. The first-order chi connectivity index (χ1) is 14.6. The van der Waals surface area contributed by atoms with Gasteiger partial charge < -0.3 is 5.32 Å². The van der Waals surface area contributed by atoms with Gasteiger partial charge in [0.15, 0.2) is 9.84 Å². The summed E-state index contributed by atoms with van der Waals surface area (Å²) < 4.78 is 52.1. The average molecular weight is 465 g/mol. The van der Waals surface area contributed by atoms with Crippen molar-refractivity contribution in [3.05, 3.63) is 54.1 Å². The topological polar surface area (TPSA) is 101 Å². The van der Waals surface area contributed by atoms with Gasteiger partial charge in [0.2, 0.25) is 10.0 Å². The van der Waals surface area contributed by atoms with Crippen LogP contribution in [-0.2, 0) is 19.9 Å². The smallest absolute Gasteiger partial charge is 0.256 e. The van der Waals surface area contributed by atoms with E-state index in [1.807, 2.05) is 0 Å². The summed E-state index contributed by atoms with van der Waals surface area (Å²) >= 11 is 0. The highest BCUT2D eigenvalue weighted by Crippen LogP contribution is 2.25. The van der Waals surface area contributed by atoms with Crippen LogP contribution in [0.4, 0.5) is 5.69 Å². The van der Waals surface area contributed by atoms with Gasteiger partial charge in [-0.1, -0.05) is 26.0 Å². The molecule has 0 atom stereocenters. The molecule has 0 unspecified atom stereocenters. The lowest BCUT2D eigenvalue weighted by Crippen LogP contribution is -2.37. The third-order valence-corrected chi connectivity index (χ3v) is 9.32. The van der Waals surface area contributed by atoms with E-state index < -0.39 is 25.8 Å². The average Bonchev–Trinajstić information content (AvgIpc) is 2.74. The number of piperidine rings is 1. The quantitative estimate of drug-likeness (QED) is 0.675. The van der Waals surface area contributed by atoms with Gasteiger partial charge in [0.1, 0.15) is 0 Å². The molecule has 2 aromatic rings. The van der Waals surface area contributed by atoms with E-state index >= 15 is 0 Å². The van der Waals surface area contributed by atoms with Crippen molar-refractivity contribution in [3.63, 3.8) is 0 Å². The van der Waals surface area contributed by atoms with E-state index in [1.54, 1.807) is 19.1 Å². The Kier molecular flexibility index (Phi) is 7.18. The number of benzene rings is 2. The zero-order valence-electron chi connectivity index (χ0n) is 17.7. The summed E-state index contributed by atoms with van der Waals surface area (Å²) in [4.78, 5) is 12.9. The summed E-state index contributed by atoms with van der Waals surface area (Å²) in [5.74, 6) is -0.0805. The second kappa shape index (κ2) is 9.50. The van der Waals surface area contributed by atoms with Gasteiger partial charge >= 0.3 is 0 Å². The molecule has 1 aliphatic rings. The third kappa shape index (κ3) is 5.34. The molecule has 0 bridgehead atoms. The monoisotopic (exact) mass is 464 g/mol. The standard InChI is InChI=1S/C22H28N2O5S2/c1-3-16-30(26,27)21-7-5-4-6-20(21)22(25)23-18-8-10-19(11-9-18)31(28,29)24-14-12-17(2)13-15-24/h4-11,17H,3,12-16H2,1-2H3,(H,23,25). The lowest BCUT2D eigenvalue weighted by atomic mass is 10.0. The van der Waals surface area contributed by atoms with Gasteiger partial charge in [0.25, 0.3) is 5.91 Å². The van der Waals surface area contributed by atoms with Crippen molar-refractivity contribution in [3.8, 4) is 0 Å². The summed E-state index contributed by atoms with van der Waals surface area (Å²) in [6.45, 7) is 4.89. The second-order valence-corrected chi connectivity index (χ2v) is 11.9. The number of carbonyl (C=O) groups is 1. The highest BCUT2D eigenvalue weighted by molar-refractivity contribution is 7.91. The highest BCUT2D eigenvalue weighted by atomic mass is 32.2. The number of amides is 1. The molecule has 1 fully saturated rings. The van der Waals surface area contributed by atoms with Crippen molar-refractivity contribution < 1.29 is 21.6 Å². The van der Waals surface area contributed by atoms with Crippen LogP contribution in [0.2, 0.25) is 0 Å². The predicted octanol–water partition coefficient (Wildman–Crippen LogP) is 3.54. The van der Waals surface area contributed by atoms with Crippen molar-refractivity contribution in [2.45, 2.75) is 42.9 Å². The van der Waals surface area contributed by atoms with Gasteiger partial charge in [-0.05, 0) is 61.6 Å². The van der Waals surface area contributed by atoms with E-state index in [4.69, 9.17) is 0 Å². The summed E-state index contributed by atoms with van der Waals surface area (Å²) in [7, 11) is -7.14. The van der Waals surface area contributed by atoms with Gasteiger partial charge in [-0.3, -0.25) is 4.79 Å². The first-order valence-corrected chi connectivity index (χ1v) is 13.5. The van der Waals surface area contributed by atoms with Gasteiger partial charge in [0, 0.05) is 18.8 Å². The maximum Gasteiger partial charge on any atom is 0.256 e. The summed E-state index contributed by atoms with van der Waals surface area (Å²) in [6, 6.07) is 12.0. The van der Waals surface area contributed by atoms with Crippen LogP contribution in [0, 0.1) is 5.92 Å². The normalized spacial score (nSPS) is 16.2. The zero-order chi connectivity index (χ0) is 22.6. The third-order valence-electron chi connectivity index (χ3n) is 5.43. The zero-order valence-corrected chi connectivity index (χ0v) is 19.4. The molecule has 0 radical (unpaired) electrons. The largest absolute Gasteiger partial charge is 0.322 e. The van der Waals surface area contributed by atoms with Crippen LogP contribution in [0.3, 0.4) is 0 Å². The molecule has 2 aromatic carbocycles. The van der Waals surface area contributed by atoms with Crippen molar-refractivity contribution in [1.82, 2.24) is 4.31 Å². The van der Waals surface area contributed by atoms with E-state index in [2.05, 4.69) is 12.2 Å². The summed E-state index contributed by atoms with van der Waals surface area (Å²) in [5, 5.41) is 2.67. The second-order valence-electron chi connectivity index (χ2n) is 7.88. The Labute approximate surface area is 184 Å². The van der Waals surface area contributed by atoms with E-state index in [0.717, 1.165) is 12.8 Å². The molecule has 9 heteroatoms. The number of hydrogen-bond donors (Lipinski definition) is 1. The summed E-state index contributed by atoms with van der Waals surface area (Å²) in [5.41, 5.74) is 0.453. The molecule has 0 saturated carbocycles. The fourth-order valence-electron chi connectivity index (χ4n) is 3.59. The van der Waals surface area contributed by atoms with E-state index in [-0.39, 0.29) is 21.1 Å². The van der Waals surface area contributed by atoms with Crippen LogP contribution in [0.1, 0.15) is 43.5 Å². The molecule has 0 aromatic heterocycles. The van der Waals surface area contributed by atoms with Gasteiger partial charge in [-0.25, -0.2) is 16.8 Å². The number of nitrogens with zero attached hydrogens (tertiary/aromatic N) is 1. The summed E-state index contributed by atoms with van der Waals surface area (Å²) in [6.07, 6.45) is 2.13. The Hall–Kier alpha value is -2.23. The molecule has 31 heavy (non-hydrogen) atoms. The van der Waals surface area contributed by atoms with Crippen molar-refractivity contribution >= 4 is 31.5 Å². The molecule has 168 valence electrons. The predicted molar refractivity (Wildman–Crippen MR) is 120 cm³/mol. The van der Waals surface area contributed by atoms with Crippen LogP contribution in [-0.4, -0.2) is 45.9 Å². The van der Waals surface area contributed by atoms with Crippen LogP contribution in [0.5, 0.6) is 0 Å². The highest BCUT2D eigenvalue weighted by Gasteiger charge is 2.28. The molecule has 1 saturated heterocycles. The maximum atomic E-state index is 12.8. The number of sulfonamides is 1. The van der Waals surface area contributed by atoms with Gasteiger partial charge in [0.05, 0.1) is 21.1 Å². The minimum absolute atomic E-state index is 0.00660. The molecule has 3 rings (SSSR count). The fourth-order valence-corrected chi connectivity index (χ4v) is 6.60. The fraction of sp³-hybridized carbons (Fsp3) is 0.409. The molecule has 0 aliphatic carbocycles. The first-order valence-electron chi connectivity index (χ1n) is 10.4. The number of nitrogens with one attached hydrogen (secondary N) is 1. The maximum absolute atomic E-state index is 12.8. The van der Waals surface area contributed by atoms with Crippen LogP contribution in [0.25, 0.3) is 0 Å². The molecule has 1 amide bonds. The Morgan fingerprint density at radius 2 is 1.61 bits per heavy atom. The van der Waals surface area contributed by atoms with Crippen molar-refractivity contribution in [2.24, 2.45) is 5.92 Å². The first kappa shape index (κ1) is 23.4. The molecule has 1 N–H and O–H groups in total. The number of rotatable bonds is 7. The Morgan fingerprint density at radius 1 is 1.00 bits per heavy atom. The van der Waals surface area contributed by atoms with E-state index in [1.165, 1.54) is 40.7 Å². The number of sulfone groups is 1. The van der Waals surface area contributed by atoms with Crippen LogP contribution < -0.4 is 5.32 Å². The number of carbonyl (C=O) groups excluding carboxylic acids is 1. The SMILES string of the molecule is CCCS(=O)(=O)c1ccccc1C(=O)Nc1ccc(S(=O)(=O)N2CCC(C)CC2)cc1. The van der Waals surface area contributed by atoms with E-state index in [9.17, 15) is 21.6 Å². The number of anilines is 1. The van der Waals surface area contributed by atoms with Gasteiger partial charge in [-0.15, -0.1) is 0 Å². The molecule has 7 nitrogen and oxygen atoms in total. The minimum Gasteiger partial charge on any atom is -0.322 e. The Morgan fingerprint density at radius 3 is 2.23 bits per heavy atom. The van der Waals surface area contributed by atoms with Gasteiger partial charge in [-0.2, -0.15) is 4.31 Å².